The zero-order chi connectivity index (χ0) is 39.4. The van der Waals surface area contributed by atoms with Crippen LogP contribution in [0, 0.1) is 17.8 Å². The SMILES string of the molecule is c1ccc(-c2cccc(-c3nc(-c4cccc5c4oc4ccccc45)nc(-c4cccc5c4oc4ccc(-c6ccc(C78CC9CC(CC(C9)C7)C8)cc6)cc45)n3)c2)cc1. The third kappa shape index (κ3) is 5.41. The number of nitrogens with zero attached hydrogens (tertiary/aromatic N) is 3. The molecule has 0 N–H and O–H groups in total. The first-order chi connectivity index (χ1) is 29.6. The highest BCUT2D eigenvalue weighted by atomic mass is 16.3. The van der Waals surface area contributed by atoms with Gasteiger partial charge in [-0.2, -0.15) is 0 Å². The van der Waals surface area contributed by atoms with Crippen molar-refractivity contribution in [2.75, 3.05) is 0 Å². The molecule has 4 saturated carbocycles. The molecule has 14 rings (SSSR count). The molecule has 10 aromatic rings. The highest BCUT2D eigenvalue weighted by molar-refractivity contribution is 6.11. The Balaban J connectivity index is 0.934. The van der Waals surface area contributed by atoms with Crippen molar-refractivity contribution >= 4 is 43.9 Å². The van der Waals surface area contributed by atoms with Crippen LogP contribution in [0.2, 0.25) is 0 Å². The fourth-order valence-corrected chi connectivity index (χ4v) is 11.8. The van der Waals surface area contributed by atoms with Gasteiger partial charge in [0.25, 0.3) is 0 Å². The summed E-state index contributed by atoms with van der Waals surface area (Å²) in [6, 6.07) is 55.6. The van der Waals surface area contributed by atoms with Crippen LogP contribution in [-0.4, -0.2) is 15.0 Å². The van der Waals surface area contributed by atoms with E-state index in [0.717, 1.165) is 89.4 Å². The Hall–Kier alpha value is -6.85. The van der Waals surface area contributed by atoms with E-state index in [0.29, 0.717) is 22.9 Å². The van der Waals surface area contributed by atoms with Crippen LogP contribution in [0.3, 0.4) is 0 Å². The summed E-state index contributed by atoms with van der Waals surface area (Å²) >= 11 is 0. The second-order valence-electron chi connectivity index (χ2n) is 17.8. The molecule has 0 spiro atoms. The van der Waals surface area contributed by atoms with E-state index >= 15 is 0 Å². The molecule has 0 radical (unpaired) electrons. The predicted molar refractivity (Wildman–Crippen MR) is 241 cm³/mol. The molecule has 0 saturated heterocycles. The molecular weight excluding hydrogens is 735 g/mol. The molecule has 3 aromatic heterocycles. The quantitative estimate of drug-likeness (QED) is 0.168. The fourth-order valence-electron chi connectivity index (χ4n) is 11.8. The molecule has 0 atom stereocenters. The van der Waals surface area contributed by atoms with Crippen molar-refractivity contribution in [1.29, 1.82) is 0 Å². The number of furan rings is 2. The van der Waals surface area contributed by atoms with Crippen molar-refractivity contribution in [3.05, 3.63) is 163 Å². The van der Waals surface area contributed by atoms with Crippen LogP contribution in [0.25, 0.3) is 100 Å². The largest absolute Gasteiger partial charge is 0.455 e. The van der Waals surface area contributed by atoms with E-state index in [2.05, 4.69) is 121 Å². The maximum absolute atomic E-state index is 6.75. The van der Waals surface area contributed by atoms with Crippen molar-refractivity contribution in [2.24, 2.45) is 17.8 Å². The molecule has 60 heavy (non-hydrogen) atoms. The summed E-state index contributed by atoms with van der Waals surface area (Å²) in [5.41, 5.74) is 12.3. The topological polar surface area (TPSA) is 65.0 Å². The number of aromatic nitrogens is 3. The molecule has 5 heteroatoms. The molecule has 0 aliphatic heterocycles. The van der Waals surface area contributed by atoms with E-state index in [1.54, 1.807) is 5.56 Å². The average Bonchev–Trinajstić information content (AvgIpc) is 3.87. The summed E-state index contributed by atoms with van der Waals surface area (Å²) in [4.78, 5) is 15.6. The Bertz CT molecular complexity index is 3270. The van der Waals surface area contributed by atoms with Crippen LogP contribution in [0.5, 0.6) is 0 Å². The van der Waals surface area contributed by atoms with Crippen LogP contribution in [0.1, 0.15) is 44.1 Å². The second kappa shape index (κ2) is 13.1. The van der Waals surface area contributed by atoms with E-state index in [4.69, 9.17) is 23.8 Å². The van der Waals surface area contributed by atoms with Gasteiger partial charge in [0, 0.05) is 27.1 Å². The Morgan fingerprint density at radius 3 is 1.58 bits per heavy atom. The maximum atomic E-state index is 6.75. The molecule has 5 nitrogen and oxygen atoms in total. The summed E-state index contributed by atoms with van der Waals surface area (Å²) in [5, 5.41) is 4.19. The van der Waals surface area contributed by atoms with Gasteiger partial charge >= 0.3 is 0 Å². The molecule has 288 valence electrons. The lowest BCUT2D eigenvalue weighted by molar-refractivity contribution is -0.00518. The number of benzene rings is 7. The highest BCUT2D eigenvalue weighted by Gasteiger charge is 2.51. The molecule has 7 aromatic carbocycles. The predicted octanol–water partition coefficient (Wildman–Crippen LogP) is 14.5. The standard InChI is InChI=1S/C55H41N3O2/c1-2-9-36(10-3-1)38-11-6-12-40(28-38)52-56-53(45-16-7-14-43-42-13-4-5-18-48(42)59-50(43)45)58-54(57-52)46-17-8-15-44-47-29-39(21-24-49(47)60-51(44)46)37-19-22-41(23-20-37)55-30-33-25-34(31-55)27-35(26-33)32-55/h1-24,28-29,33-35H,25-27,30-32H2. The number of hydrogen-bond acceptors (Lipinski definition) is 5. The van der Waals surface area contributed by atoms with Crippen LogP contribution < -0.4 is 0 Å². The van der Waals surface area contributed by atoms with Gasteiger partial charge in [0.1, 0.15) is 22.3 Å². The van der Waals surface area contributed by atoms with Gasteiger partial charge in [-0.05, 0) is 126 Å². The minimum absolute atomic E-state index is 0.395. The van der Waals surface area contributed by atoms with Gasteiger partial charge in [-0.3, -0.25) is 0 Å². The average molecular weight is 776 g/mol. The molecule has 4 bridgehead atoms. The van der Waals surface area contributed by atoms with E-state index < -0.39 is 0 Å². The van der Waals surface area contributed by atoms with E-state index in [-0.39, 0.29) is 0 Å². The lowest BCUT2D eigenvalue weighted by Crippen LogP contribution is -2.48. The van der Waals surface area contributed by atoms with Crippen molar-refractivity contribution in [2.45, 2.75) is 43.9 Å². The van der Waals surface area contributed by atoms with Crippen LogP contribution >= 0.6 is 0 Å². The maximum Gasteiger partial charge on any atom is 0.167 e. The number of para-hydroxylation sites is 3. The van der Waals surface area contributed by atoms with E-state index in [9.17, 15) is 0 Å². The lowest BCUT2D eigenvalue weighted by Gasteiger charge is -2.57. The van der Waals surface area contributed by atoms with Crippen molar-refractivity contribution in [3.8, 4) is 56.4 Å². The van der Waals surface area contributed by atoms with E-state index in [1.165, 1.54) is 49.7 Å². The van der Waals surface area contributed by atoms with Crippen molar-refractivity contribution in [1.82, 2.24) is 15.0 Å². The number of rotatable bonds is 6. The zero-order valence-electron chi connectivity index (χ0n) is 33.1. The number of fused-ring (bicyclic) bond motifs is 6. The van der Waals surface area contributed by atoms with Gasteiger partial charge in [-0.1, -0.05) is 121 Å². The van der Waals surface area contributed by atoms with E-state index in [1.807, 2.05) is 36.4 Å². The Labute approximate surface area is 347 Å². The van der Waals surface area contributed by atoms with Crippen LogP contribution in [0.15, 0.2) is 167 Å². The first kappa shape index (κ1) is 34.1. The third-order valence-electron chi connectivity index (χ3n) is 14.1. The highest BCUT2D eigenvalue weighted by Crippen LogP contribution is 2.60. The zero-order valence-corrected chi connectivity index (χ0v) is 33.1. The molecule has 4 aliphatic carbocycles. The number of hydrogen-bond donors (Lipinski definition) is 0. The van der Waals surface area contributed by atoms with Gasteiger partial charge < -0.3 is 8.83 Å². The molecule has 4 aliphatic rings. The van der Waals surface area contributed by atoms with Crippen molar-refractivity contribution in [3.63, 3.8) is 0 Å². The van der Waals surface area contributed by atoms with Gasteiger partial charge in [0.2, 0.25) is 0 Å². The smallest absolute Gasteiger partial charge is 0.167 e. The minimum atomic E-state index is 0.395. The van der Waals surface area contributed by atoms with Gasteiger partial charge in [-0.25, -0.2) is 15.0 Å². The molecule has 0 amide bonds. The van der Waals surface area contributed by atoms with Crippen molar-refractivity contribution < 1.29 is 8.83 Å². The summed E-state index contributed by atoms with van der Waals surface area (Å²) in [6.45, 7) is 0. The summed E-state index contributed by atoms with van der Waals surface area (Å²) < 4.78 is 13.3. The van der Waals surface area contributed by atoms with Gasteiger partial charge in [0.05, 0.1) is 11.1 Å². The second-order valence-corrected chi connectivity index (χ2v) is 17.8. The monoisotopic (exact) mass is 775 g/mol. The summed E-state index contributed by atoms with van der Waals surface area (Å²) in [6.07, 6.45) is 8.55. The third-order valence-corrected chi connectivity index (χ3v) is 14.1. The first-order valence-electron chi connectivity index (χ1n) is 21.5. The van der Waals surface area contributed by atoms with Gasteiger partial charge in [0.15, 0.2) is 17.5 Å². The summed E-state index contributed by atoms with van der Waals surface area (Å²) in [7, 11) is 0. The van der Waals surface area contributed by atoms with Crippen LogP contribution in [0.4, 0.5) is 0 Å². The molecule has 3 heterocycles. The normalized spacial score (nSPS) is 20.8. The Morgan fingerprint density at radius 1 is 0.383 bits per heavy atom. The minimum Gasteiger partial charge on any atom is -0.455 e. The van der Waals surface area contributed by atoms with Gasteiger partial charge in [-0.15, -0.1) is 0 Å². The van der Waals surface area contributed by atoms with Crippen LogP contribution in [-0.2, 0) is 5.41 Å². The molecule has 0 unspecified atom stereocenters. The Morgan fingerprint density at radius 2 is 0.883 bits per heavy atom. The summed E-state index contributed by atoms with van der Waals surface area (Å²) in [5.74, 6) is 4.46. The molecule has 4 fully saturated rings. The fraction of sp³-hybridized carbons (Fsp3) is 0.182. The lowest BCUT2D eigenvalue weighted by atomic mass is 9.48. The first-order valence-corrected chi connectivity index (χ1v) is 21.5. The Kier molecular flexibility index (Phi) is 7.42. The molecular formula is C55H41N3O2.